The van der Waals surface area contributed by atoms with Crippen LogP contribution in [0, 0.1) is 6.92 Å². The van der Waals surface area contributed by atoms with Gasteiger partial charge in [-0.25, -0.2) is 4.98 Å². The molecule has 2 N–H and O–H groups in total. The van der Waals surface area contributed by atoms with Gasteiger partial charge in [0.1, 0.15) is 5.82 Å². The molecule has 0 saturated carbocycles. The van der Waals surface area contributed by atoms with Crippen LogP contribution in [0.5, 0.6) is 0 Å². The minimum absolute atomic E-state index is 0.540. The van der Waals surface area contributed by atoms with Crippen LogP contribution in [0.3, 0.4) is 0 Å². The van der Waals surface area contributed by atoms with Gasteiger partial charge in [0.05, 0.1) is 5.69 Å². The summed E-state index contributed by atoms with van der Waals surface area (Å²) in [6, 6.07) is 11.9. The lowest BCUT2D eigenvalue weighted by Crippen LogP contribution is -2.20. The van der Waals surface area contributed by atoms with Crippen molar-refractivity contribution in [2.24, 2.45) is 0 Å². The van der Waals surface area contributed by atoms with E-state index in [2.05, 4.69) is 21.7 Å². The highest BCUT2D eigenvalue weighted by molar-refractivity contribution is 7.98. The molecule has 98 valence electrons. The fourth-order valence-electron chi connectivity index (χ4n) is 1.56. The van der Waals surface area contributed by atoms with Gasteiger partial charge in [-0.2, -0.15) is 0 Å². The zero-order valence-corrected chi connectivity index (χ0v) is 12.4. The molecule has 0 spiro atoms. The minimum atomic E-state index is 0.540. The monoisotopic (exact) mass is 289 g/mol. The number of thioether (sulfide) groups is 1. The first-order valence-corrected chi connectivity index (χ1v) is 7.46. The van der Waals surface area contributed by atoms with E-state index in [9.17, 15) is 0 Å². The smallest absolute Gasteiger partial charge is 0.176 e. The Morgan fingerprint density at radius 3 is 2.63 bits per heavy atom. The summed E-state index contributed by atoms with van der Waals surface area (Å²) in [5.41, 5.74) is 2.12. The maximum absolute atomic E-state index is 5.29. The summed E-state index contributed by atoms with van der Waals surface area (Å²) in [5, 5.41) is 6.79. The number of nitrogens with zero attached hydrogens (tertiary/aromatic N) is 1. The standard InChI is InChI=1S/C14H15N3S2/c1-10-7-8-13(15-9-10)17-14(18)16-11-5-3-4-6-12(11)19-2/h3-9H,1-2H3,(H2,15,16,17,18). The first kappa shape index (κ1) is 13.8. The van der Waals surface area contributed by atoms with Gasteiger partial charge in [-0.15, -0.1) is 11.8 Å². The van der Waals surface area contributed by atoms with Crippen LogP contribution in [0.2, 0.25) is 0 Å². The summed E-state index contributed by atoms with van der Waals surface area (Å²) in [4.78, 5) is 5.41. The third-order valence-electron chi connectivity index (χ3n) is 2.51. The molecule has 1 aromatic carbocycles. The number of anilines is 2. The zero-order chi connectivity index (χ0) is 13.7. The van der Waals surface area contributed by atoms with E-state index in [1.54, 1.807) is 18.0 Å². The average Bonchev–Trinajstić information content (AvgIpc) is 2.42. The highest BCUT2D eigenvalue weighted by Crippen LogP contribution is 2.24. The number of thiocarbonyl (C=S) groups is 1. The van der Waals surface area contributed by atoms with Gasteiger partial charge in [-0.05, 0) is 49.2 Å². The van der Waals surface area contributed by atoms with Crippen molar-refractivity contribution < 1.29 is 0 Å². The van der Waals surface area contributed by atoms with Crippen LogP contribution in [-0.4, -0.2) is 16.4 Å². The number of hydrogen-bond acceptors (Lipinski definition) is 3. The number of nitrogens with one attached hydrogen (secondary N) is 2. The Labute approximate surface area is 122 Å². The van der Waals surface area contributed by atoms with Crippen LogP contribution in [0.4, 0.5) is 11.5 Å². The fourth-order valence-corrected chi connectivity index (χ4v) is 2.33. The SMILES string of the molecule is CSc1ccccc1NC(=S)Nc1ccc(C)cn1. The van der Waals surface area contributed by atoms with Gasteiger partial charge < -0.3 is 10.6 Å². The van der Waals surface area contributed by atoms with Crippen LogP contribution in [-0.2, 0) is 0 Å². The molecule has 3 nitrogen and oxygen atoms in total. The number of pyridine rings is 1. The van der Waals surface area contributed by atoms with Crippen LogP contribution >= 0.6 is 24.0 Å². The highest BCUT2D eigenvalue weighted by Gasteiger charge is 2.03. The predicted molar refractivity (Wildman–Crippen MR) is 87.0 cm³/mol. The molecule has 2 aromatic rings. The van der Waals surface area contributed by atoms with Crippen LogP contribution in [0.15, 0.2) is 47.5 Å². The van der Waals surface area contributed by atoms with Gasteiger partial charge >= 0.3 is 0 Å². The molecule has 0 saturated heterocycles. The van der Waals surface area contributed by atoms with Crippen molar-refractivity contribution >= 4 is 40.6 Å². The molecule has 0 radical (unpaired) electrons. The average molecular weight is 289 g/mol. The first-order chi connectivity index (χ1) is 9.19. The highest BCUT2D eigenvalue weighted by atomic mass is 32.2. The molecular formula is C14H15N3S2. The van der Waals surface area contributed by atoms with Gasteiger partial charge in [0.2, 0.25) is 0 Å². The van der Waals surface area contributed by atoms with Gasteiger partial charge in [0, 0.05) is 11.1 Å². The molecule has 2 rings (SSSR count). The molecule has 0 amide bonds. The molecule has 5 heteroatoms. The zero-order valence-electron chi connectivity index (χ0n) is 10.8. The molecule has 1 heterocycles. The summed E-state index contributed by atoms with van der Waals surface area (Å²) in [7, 11) is 0. The Kier molecular flexibility index (Phi) is 4.76. The summed E-state index contributed by atoms with van der Waals surface area (Å²) in [6.07, 6.45) is 3.85. The fraction of sp³-hybridized carbons (Fsp3) is 0.143. The van der Waals surface area contributed by atoms with E-state index in [-0.39, 0.29) is 0 Å². The number of hydrogen-bond donors (Lipinski definition) is 2. The van der Waals surface area contributed by atoms with E-state index in [1.165, 1.54) is 0 Å². The van der Waals surface area contributed by atoms with E-state index < -0.39 is 0 Å². The summed E-state index contributed by atoms with van der Waals surface area (Å²) < 4.78 is 0. The van der Waals surface area contributed by atoms with Gasteiger partial charge in [0.15, 0.2) is 5.11 Å². The molecule has 0 fully saturated rings. The second-order valence-corrected chi connectivity index (χ2v) is 5.26. The van der Waals surface area contributed by atoms with Crippen LogP contribution in [0.1, 0.15) is 5.56 Å². The van der Waals surface area contributed by atoms with E-state index in [0.717, 1.165) is 22.0 Å². The minimum Gasteiger partial charge on any atom is -0.331 e. The first-order valence-electron chi connectivity index (χ1n) is 5.83. The molecule has 0 aliphatic heterocycles. The molecule has 1 aromatic heterocycles. The van der Waals surface area contributed by atoms with E-state index in [0.29, 0.717) is 5.11 Å². The van der Waals surface area contributed by atoms with E-state index in [4.69, 9.17) is 12.2 Å². The van der Waals surface area contributed by atoms with E-state index >= 15 is 0 Å². The Morgan fingerprint density at radius 1 is 1.16 bits per heavy atom. The summed E-state index contributed by atoms with van der Waals surface area (Å²) >= 11 is 6.97. The molecule has 0 aliphatic rings. The van der Waals surface area contributed by atoms with Gasteiger partial charge in [-0.1, -0.05) is 18.2 Å². The van der Waals surface area contributed by atoms with Crippen molar-refractivity contribution in [3.05, 3.63) is 48.2 Å². The number of benzene rings is 1. The lowest BCUT2D eigenvalue weighted by molar-refractivity contribution is 1.27. The van der Waals surface area contributed by atoms with Crippen molar-refractivity contribution in [2.45, 2.75) is 11.8 Å². The second kappa shape index (κ2) is 6.54. The third-order valence-corrected chi connectivity index (χ3v) is 3.51. The van der Waals surface area contributed by atoms with Gasteiger partial charge in [0.25, 0.3) is 0 Å². The van der Waals surface area contributed by atoms with E-state index in [1.807, 2.05) is 43.5 Å². The summed E-state index contributed by atoms with van der Waals surface area (Å²) in [6.45, 7) is 2.00. The molecular weight excluding hydrogens is 274 g/mol. The number of aromatic nitrogens is 1. The van der Waals surface area contributed by atoms with Crippen molar-refractivity contribution in [3.8, 4) is 0 Å². The van der Waals surface area contributed by atoms with Crippen LogP contribution < -0.4 is 10.6 Å². The molecule has 0 atom stereocenters. The molecule has 0 bridgehead atoms. The van der Waals surface area contributed by atoms with Gasteiger partial charge in [-0.3, -0.25) is 0 Å². The summed E-state index contributed by atoms with van der Waals surface area (Å²) in [5.74, 6) is 0.740. The second-order valence-electron chi connectivity index (χ2n) is 4.00. The lowest BCUT2D eigenvalue weighted by atomic mass is 10.3. The van der Waals surface area contributed by atoms with Crippen LogP contribution in [0.25, 0.3) is 0 Å². The number of rotatable bonds is 3. The Hall–Kier alpha value is -1.59. The Morgan fingerprint density at radius 2 is 1.95 bits per heavy atom. The van der Waals surface area contributed by atoms with Crippen molar-refractivity contribution in [2.75, 3.05) is 16.9 Å². The normalized spacial score (nSPS) is 10.0. The predicted octanol–water partition coefficient (Wildman–Crippen LogP) is 3.92. The Bertz CT molecular complexity index is 567. The molecule has 19 heavy (non-hydrogen) atoms. The number of para-hydroxylation sites is 1. The van der Waals surface area contributed by atoms with Crippen molar-refractivity contribution in [1.82, 2.24) is 4.98 Å². The quantitative estimate of drug-likeness (QED) is 0.661. The van der Waals surface area contributed by atoms with Crippen molar-refractivity contribution in [1.29, 1.82) is 0 Å². The molecule has 0 aliphatic carbocycles. The lowest BCUT2D eigenvalue weighted by Gasteiger charge is -2.12. The Balaban J connectivity index is 2.03. The third kappa shape index (κ3) is 3.94. The topological polar surface area (TPSA) is 37.0 Å². The number of aryl methyl sites for hydroxylation is 1. The maximum Gasteiger partial charge on any atom is 0.176 e. The van der Waals surface area contributed by atoms with Crippen molar-refractivity contribution in [3.63, 3.8) is 0 Å². The molecule has 0 unspecified atom stereocenters. The maximum atomic E-state index is 5.29. The largest absolute Gasteiger partial charge is 0.331 e.